The topological polar surface area (TPSA) is 161 Å². The van der Waals surface area contributed by atoms with E-state index >= 15 is 0 Å². The van der Waals surface area contributed by atoms with Crippen molar-refractivity contribution in [1.29, 1.82) is 0 Å². The van der Waals surface area contributed by atoms with Crippen molar-refractivity contribution in [3.63, 3.8) is 0 Å². The maximum Gasteiger partial charge on any atom is 0.271 e. The average Bonchev–Trinajstić information content (AvgIpc) is 3.05. The van der Waals surface area contributed by atoms with Crippen LogP contribution in [0.1, 0.15) is 21.8 Å². The van der Waals surface area contributed by atoms with Gasteiger partial charge < -0.3 is 9.42 Å². The summed E-state index contributed by atoms with van der Waals surface area (Å²) in [6.45, 7) is 3.05. The van der Waals surface area contributed by atoms with E-state index in [4.69, 9.17) is 4.52 Å². The quantitative estimate of drug-likeness (QED) is 0.451. The highest BCUT2D eigenvalue weighted by atomic mass is 32.2. The molecular weight excluding hydrogens is 452 g/mol. The van der Waals surface area contributed by atoms with E-state index in [1.54, 1.807) is 0 Å². The summed E-state index contributed by atoms with van der Waals surface area (Å²) < 4.78 is 55.6. The van der Waals surface area contributed by atoms with E-state index in [2.05, 4.69) is 5.16 Å². The van der Waals surface area contributed by atoms with Gasteiger partial charge in [-0.1, -0.05) is 5.16 Å². The number of aryl methyl sites for hydroxylation is 2. The molecule has 0 aliphatic carbocycles. The maximum atomic E-state index is 12.9. The number of carbonyl (C=O) groups is 1. The number of sulfone groups is 1. The Hall–Kier alpha value is -2.84. The summed E-state index contributed by atoms with van der Waals surface area (Å²) in [6.07, 6.45) is 0.888. The average molecular weight is 473 g/mol. The Labute approximate surface area is 178 Å². The third-order valence-corrected chi connectivity index (χ3v) is 8.10. The number of hydrogen-bond donors (Lipinski definition) is 0. The van der Waals surface area contributed by atoms with Crippen LogP contribution in [0.25, 0.3) is 0 Å². The fourth-order valence-electron chi connectivity index (χ4n) is 3.31. The fraction of sp³-hybridized carbons (Fsp3) is 0.412. The molecule has 1 aliphatic heterocycles. The van der Waals surface area contributed by atoms with Gasteiger partial charge >= 0.3 is 0 Å². The van der Waals surface area contributed by atoms with Crippen LogP contribution in [0.2, 0.25) is 0 Å². The van der Waals surface area contributed by atoms with E-state index in [0.717, 1.165) is 24.5 Å². The lowest BCUT2D eigenvalue weighted by atomic mass is 10.1. The second-order valence-corrected chi connectivity index (χ2v) is 11.0. The van der Waals surface area contributed by atoms with E-state index in [-0.39, 0.29) is 53.0 Å². The van der Waals surface area contributed by atoms with Gasteiger partial charge in [-0.15, -0.1) is 0 Å². The molecule has 12 nitrogen and oxygen atoms in total. The molecule has 1 aromatic heterocycles. The number of non-ortho nitro benzene ring substituents is 1. The molecule has 0 radical (unpaired) electrons. The largest absolute Gasteiger partial charge is 0.360 e. The minimum Gasteiger partial charge on any atom is -0.360 e. The second kappa shape index (κ2) is 8.01. The zero-order chi connectivity index (χ0) is 23.1. The molecule has 1 fully saturated rings. The second-order valence-electron chi connectivity index (χ2n) is 7.09. The number of hydrogen-bond acceptors (Lipinski definition) is 9. The van der Waals surface area contributed by atoms with Crippen LogP contribution in [0.5, 0.6) is 0 Å². The van der Waals surface area contributed by atoms with Crippen molar-refractivity contribution in [1.82, 2.24) is 14.4 Å². The number of benzene rings is 1. The Morgan fingerprint density at radius 3 is 2.19 bits per heavy atom. The molecule has 3 rings (SSSR count). The highest BCUT2D eigenvalue weighted by molar-refractivity contribution is 7.90. The Morgan fingerprint density at radius 2 is 1.71 bits per heavy atom. The predicted octanol–water partition coefficient (Wildman–Crippen LogP) is 0.750. The van der Waals surface area contributed by atoms with Crippen LogP contribution < -0.4 is 0 Å². The molecule has 1 aromatic carbocycles. The van der Waals surface area contributed by atoms with Crippen molar-refractivity contribution >= 4 is 31.5 Å². The Morgan fingerprint density at radius 1 is 1.10 bits per heavy atom. The van der Waals surface area contributed by atoms with E-state index in [0.29, 0.717) is 0 Å². The van der Waals surface area contributed by atoms with Crippen LogP contribution in [-0.2, 0) is 19.9 Å². The van der Waals surface area contributed by atoms with E-state index < -0.39 is 36.4 Å². The lowest BCUT2D eigenvalue weighted by Gasteiger charge is -2.34. The molecular formula is C17H20N4O8S2. The zero-order valence-corrected chi connectivity index (χ0v) is 18.6. The number of sulfonamides is 1. The van der Waals surface area contributed by atoms with E-state index in [1.807, 2.05) is 0 Å². The lowest BCUT2D eigenvalue weighted by Crippen LogP contribution is -2.50. The molecule has 168 valence electrons. The monoisotopic (exact) mass is 472 g/mol. The molecule has 0 spiro atoms. The van der Waals surface area contributed by atoms with Gasteiger partial charge in [-0.3, -0.25) is 14.9 Å². The normalized spacial score (nSPS) is 15.8. The molecule has 2 aromatic rings. The summed E-state index contributed by atoms with van der Waals surface area (Å²) in [6, 6.07) is 2.97. The molecule has 0 atom stereocenters. The number of rotatable bonds is 5. The minimum atomic E-state index is -3.87. The summed E-state index contributed by atoms with van der Waals surface area (Å²) in [5, 5.41) is 14.8. The SMILES string of the molecule is Cc1noc(C)c1S(=O)(=O)N1CCN(C(=O)c2cc([N+](=O)[O-])cc(S(C)(=O)=O)c2)CC1. The van der Waals surface area contributed by atoms with Crippen LogP contribution in [0, 0.1) is 24.0 Å². The van der Waals surface area contributed by atoms with E-state index in [9.17, 15) is 31.7 Å². The first-order chi connectivity index (χ1) is 14.3. The summed E-state index contributed by atoms with van der Waals surface area (Å²) in [7, 11) is -7.65. The number of carbonyl (C=O) groups excluding carboxylic acids is 1. The lowest BCUT2D eigenvalue weighted by molar-refractivity contribution is -0.385. The number of amides is 1. The first-order valence-electron chi connectivity index (χ1n) is 9.04. The van der Waals surface area contributed by atoms with Crippen molar-refractivity contribution in [2.45, 2.75) is 23.6 Å². The third kappa shape index (κ3) is 4.45. The van der Waals surface area contributed by atoms with Gasteiger partial charge in [0, 0.05) is 50.1 Å². The number of nitrogens with zero attached hydrogens (tertiary/aromatic N) is 4. The molecule has 1 saturated heterocycles. The fourth-order valence-corrected chi connectivity index (χ4v) is 5.70. The smallest absolute Gasteiger partial charge is 0.271 e. The molecule has 31 heavy (non-hydrogen) atoms. The van der Waals surface area contributed by atoms with Crippen molar-refractivity contribution in [3.8, 4) is 0 Å². The van der Waals surface area contributed by atoms with Crippen LogP contribution in [0.3, 0.4) is 0 Å². The summed E-state index contributed by atoms with van der Waals surface area (Å²) in [5.41, 5.74) is -0.441. The molecule has 0 unspecified atom stereocenters. The number of aromatic nitrogens is 1. The Balaban J connectivity index is 1.82. The zero-order valence-electron chi connectivity index (χ0n) is 16.9. The minimum absolute atomic E-state index is 0.00794. The van der Waals surface area contributed by atoms with Gasteiger partial charge in [0.05, 0.1) is 9.82 Å². The van der Waals surface area contributed by atoms with Gasteiger partial charge in [0.15, 0.2) is 15.6 Å². The van der Waals surface area contributed by atoms with Gasteiger partial charge in [-0.05, 0) is 19.9 Å². The Kier molecular flexibility index (Phi) is 5.90. The molecule has 2 heterocycles. The van der Waals surface area contributed by atoms with Gasteiger partial charge in [0.25, 0.3) is 11.6 Å². The molecule has 0 N–H and O–H groups in total. The molecule has 1 aliphatic rings. The number of piperazine rings is 1. The summed E-state index contributed by atoms with van der Waals surface area (Å²) in [4.78, 5) is 24.2. The third-order valence-electron chi connectivity index (χ3n) is 4.87. The van der Waals surface area contributed by atoms with E-state index in [1.165, 1.54) is 23.1 Å². The molecule has 1 amide bonds. The van der Waals surface area contributed by atoms with Crippen molar-refractivity contribution in [2.75, 3.05) is 32.4 Å². The van der Waals surface area contributed by atoms with Gasteiger partial charge in [-0.2, -0.15) is 4.31 Å². The van der Waals surface area contributed by atoms with Gasteiger partial charge in [0.2, 0.25) is 10.0 Å². The van der Waals surface area contributed by atoms with Crippen LogP contribution in [0.4, 0.5) is 5.69 Å². The predicted molar refractivity (Wildman–Crippen MR) is 107 cm³/mol. The van der Waals surface area contributed by atoms with Crippen molar-refractivity contribution < 1.29 is 31.1 Å². The highest BCUT2D eigenvalue weighted by Crippen LogP contribution is 2.26. The summed E-state index contributed by atoms with van der Waals surface area (Å²) >= 11 is 0. The van der Waals surface area contributed by atoms with Crippen molar-refractivity contribution in [3.05, 3.63) is 45.3 Å². The molecule has 0 bridgehead atoms. The number of nitro groups is 1. The van der Waals surface area contributed by atoms with Gasteiger partial charge in [0.1, 0.15) is 10.6 Å². The first-order valence-corrected chi connectivity index (χ1v) is 12.4. The van der Waals surface area contributed by atoms with Gasteiger partial charge in [-0.25, -0.2) is 16.8 Å². The standard InChI is InChI=1S/C17H20N4O8S2/c1-11-16(12(2)29-18-11)31(27,28)20-6-4-19(5-7-20)17(22)13-8-14(21(23)24)10-15(9-13)30(3,25)26/h8-10H,4-7H2,1-3H3. The van der Waals surface area contributed by atoms with Crippen molar-refractivity contribution in [2.24, 2.45) is 0 Å². The molecule has 0 saturated carbocycles. The van der Waals surface area contributed by atoms with Crippen LogP contribution >= 0.6 is 0 Å². The highest BCUT2D eigenvalue weighted by Gasteiger charge is 2.34. The Bertz CT molecular complexity index is 1240. The maximum absolute atomic E-state index is 12.9. The number of nitro benzene ring substituents is 1. The summed E-state index contributed by atoms with van der Waals surface area (Å²) in [5.74, 6) is -0.455. The molecule has 14 heteroatoms. The first kappa shape index (κ1) is 22.8. The van der Waals surface area contributed by atoms with Crippen LogP contribution in [0.15, 0.2) is 32.5 Å². The van der Waals surface area contributed by atoms with Crippen LogP contribution in [-0.4, -0.2) is 74.5 Å².